The van der Waals surface area contributed by atoms with Gasteiger partial charge in [0.05, 0.1) is 13.2 Å². The lowest BCUT2D eigenvalue weighted by Crippen LogP contribution is -2.52. The van der Waals surface area contributed by atoms with Crippen LogP contribution in [0.1, 0.15) is 15.9 Å². The number of benzene rings is 1. The second-order valence-corrected chi connectivity index (χ2v) is 5.25. The Morgan fingerprint density at radius 3 is 2.84 bits per heavy atom. The summed E-state index contributed by atoms with van der Waals surface area (Å²) >= 11 is 3.37. The molecule has 1 atom stereocenters. The van der Waals surface area contributed by atoms with E-state index in [0.29, 0.717) is 18.7 Å². The standard InChI is InChI=1S/C13H14BrNO4/c1-8-6-9(2-3-10(8)14)12(16)15-4-5-19-7-11(15)13(17)18/h2-3,6,11H,4-5,7H2,1H3,(H,17,18). The van der Waals surface area contributed by atoms with Gasteiger partial charge in [0.2, 0.25) is 0 Å². The average molecular weight is 328 g/mol. The van der Waals surface area contributed by atoms with Gasteiger partial charge in [0.1, 0.15) is 0 Å². The summed E-state index contributed by atoms with van der Waals surface area (Å²) in [5.41, 5.74) is 1.43. The highest BCUT2D eigenvalue weighted by atomic mass is 79.9. The molecule has 2 rings (SSSR count). The number of carboxylic acid groups (broad SMARTS) is 1. The predicted molar refractivity (Wildman–Crippen MR) is 72.2 cm³/mol. The first-order valence-electron chi connectivity index (χ1n) is 5.88. The Hall–Kier alpha value is -1.40. The van der Waals surface area contributed by atoms with E-state index in [9.17, 15) is 9.59 Å². The molecule has 1 aromatic rings. The second-order valence-electron chi connectivity index (χ2n) is 4.39. The summed E-state index contributed by atoms with van der Waals surface area (Å²) in [6.07, 6.45) is 0. The molecule has 19 heavy (non-hydrogen) atoms. The summed E-state index contributed by atoms with van der Waals surface area (Å²) in [7, 11) is 0. The zero-order chi connectivity index (χ0) is 14.0. The number of aryl methyl sites for hydroxylation is 1. The van der Waals surface area contributed by atoms with Crippen LogP contribution in [-0.4, -0.2) is 47.7 Å². The van der Waals surface area contributed by atoms with Crippen LogP contribution < -0.4 is 0 Å². The summed E-state index contributed by atoms with van der Waals surface area (Å²) in [5, 5.41) is 9.12. The van der Waals surface area contributed by atoms with Gasteiger partial charge in [0.15, 0.2) is 6.04 Å². The zero-order valence-corrected chi connectivity index (χ0v) is 12.0. The maximum Gasteiger partial charge on any atom is 0.328 e. The molecule has 1 amide bonds. The molecule has 1 aliphatic heterocycles. The largest absolute Gasteiger partial charge is 0.480 e. The van der Waals surface area contributed by atoms with E-state index in [1.807, 2.05) is 6.92 Å². The number of carbonyl (C=O) groups is 2. The molecule has 0 radical (unpaired) electrons. The van der Waals surface area contributed by atoms with Crippen molar-refractivity contribution in [2.75, 3.05) is 19.8 Å². The SMILES string of the molecule is Cc1cc(C(=O)N2CCOCC2C(=O)O)ccc1Br. The van der Waals surface area contributed by atoms with Crippen LogP contribution in [0, 0.1) is 6.92 Å². The first kappa shape index (κ1) is 14.0. The van der Waals surface area contributed by atoms with Crippen molar-refractivity contribution < 1.29 is 19.4 Å². The van der Waals surface area contributed by atoms with E-state index in [2.05, 4.69) is 15.9 Å². The highest BCUT2D eigenvalue weighted by molar-refractivity contribution is 9.10. The molecule has 1 aromatic carbocycles. The highest BCUT2D eigenvalue weighted by Gasteiger charge is 2.33. The molecule has 1 fully saturated rings. The molecular weight excluding hydrogens is 314 g/mol. The number of carbonyl (C=O) groups excluding carboxylic acids is 1. The number of hydrogen-bond acceptors (Lipinski definition) is 3. The number of carboxylic acids is 1. The Morgan fingerprint density at radius 1 is 1.47 bits per heavy atom. The first-order valence-corrected chi connectivity index (χ1v) is 6.67. The Kier molecular flexibility index (Phi) is 4.21. The molecule has 5 nitrogen and oxygen atoms in total. The van der Waals surface area contributed by atoms with Gasteiger partial charge in [-0.1, -0.05) is 15.9 Å². The van der Waals surface area contributed by atoms with Crippen LogP contribution in [0.3, 0.4) is 0 Å². The van der Waals surface area contributed by atoms with E-state index in [4.69, 9.17) is 9.84 Å². The molecule has 0 aromatic heterocycles. The van der Waals surface area contributed by atoms with Crippen molar-refractivity contribution in [3.8, 4) is 0 Å². The van der Waals surface area contributed by atoms with Crippen LogP contribution in [0.2, 0.25) is 0 Å². The second kappa shape index (κ2) is 5.71. The fourth-order valence-corrected chi connectivity index (χ4v) is 2.24. The Balaban J connectivity index is 2.26. The van der Waals surface area contributed by atoms with Crippen LogP contribution in [0.25, 0.3) is 0 Å². The van der Waals surface area contributed by atoms with Crippen LogP contribution >= 0.6 is 15.9 Å². The third kappa shape index (κ3) is 2.96. The molecule has 102 valence electrons. The van der Waals surface area contributed by atoms with Gasteiger partial charge in [0.25, 0.3) is 5.91 Å². The minimum Gasteiger partial charge on any atom is -0.480 e. The minimum absolute atomic E-state index is 0.0383. The van der Waals surface area contributed by atoms with Crippen molar-refractivity contribution in [3.63, 3.8) is 0 Å². The normalized spacial score (nSPS) is 19.3. The lowest BCUT2D eigenvalue weighted by molar-refractivity contribution is -0.147. The number of hydrogen-bond donors (Lipinski definition) is 1. The molecule has 0 bridgehead atoms. The number of morpholine rings is 1. The monoisotopic (exact) mass is 327 g/mol. The van der Waals surface area contributed by atoms with Gasteiger partial charge in [-0.05, 0) is 30.7 Å². The van der Waals surface area contributed by atoms with Crippen molar-refractivity contribution in [1.82, 2.24) is 4.90 Å². The van der Waals surface area contributed by atoms with Gasteiger partial charge in [-0.2, -0.15) is 0 Å². The smallest absolute Gasteiger partial charge is 0.328 e. The number of nitrogens with zero attached hydrogens (tertiary/aromatic N) is 1. The fraction of sp³-hybridized carbons (Fsp3) is 0.385. The van der Waals surface area contributed by atoms with E-state index in [1.54, 1.807) is 18.2 Å². The molecule has 0 saturated carbocycles. The lowest BCUT2D eigenvalue weighted by atomic mass is 10.1. The summed E-state index contributed by atoms with van der Waals surface area (Å²) < 4.78 is 6.04. The lowest BCUT2D eigenvalue weighted by Gasteiger charge is -2.33. The maximum atomic E-state index is 12.4. The molecule has 1 unspecified atom stereocenters. The molecule has 1 aliphatic rings. The third-order valence-corrected chi connectivity index (χ3v) is 3.97. The van der Waals surface area contributed by atoms with Crippen LogP contribution in [0.5, 0.6) is 0 Å². The van der Waals surface area contributed by atoms with Gasteiger partial charge < -0.3 is 14.7 Å². The van der Waals surface area contributed by atoms with Crippen molar-refractivity contribution >= 4 is 27.8 Å². The molecule has 1 saturated heterocycles. The molecule has 6 heteroatoms. The molecule has 0 aliphatic carbocycles. The zero-order valence-electron chi connectivity index (χ0n) is 10.4. The molecule has 1 N–H and O–H groups in total. The average Bonchev–Trinajstić information content (AvgIpc) is 2.41. The Morgan fingerprint density at radius 2 is 2.21 bits per heavy atom. The summed E-state index contributed by atoms with van der Waals surface area (Å²) in [5.74, 6) is -1.31. The predicted octanol–water partition coefficient (Wildman–Crippen LogP) is 1.68. The quantitative estimate of drug-likeness (QED) is 0.897. The van der Waals surface area contributed by atoms with E-state index in [1.165, 1.54) is 4.90 Å². The number of ether oxygens (including phenoxy) is 1. The first-order chi connectivity index (χ1) is 9.00. The number of aliphatic carboxylic acids is 1. The van der Waals surface area contributed by atoms with Gasteiger partial charge in [-0.15, -0.1) is 0 Å². The molecular formula is C13H14BrNO4. The topological polar surface area (TPSA) is 66.8 Å². The third-order valence-electron chi connectivity index (χ3n) is 3.08. The van der Waals surface area contributed by atoms with Gasteiger partial charge in [0, 0.05) is 16.6 Å². The fourth-order valence-electron chi connectivity index (χ4n) is 1.99. The number of halogens is 1. The maximum absolute atomic E-state index is 12.4. The number of rotatable bonds is 2. The van der Waals surface area contributed by atoms with Crippen LogP contribution in [0.15, 0.2) is 22.7 Å². The van der Waals surface area contributed by atoms with Crippen LogP contribution in [-0.2, 0) is 9.53 Å². The van der Waals surface area contributed by atoms with Gasteiger partial charge in [-0.25, -0.2) is 4.79 Å². The Bertz CT molecular complexity index is 517. The van der Waals surface area contributed by atoms with Crippen molar-refractivity contribution in [3.05, 3.63) is 33.8 Å². The minimum atomic E-state index is -1.04. The van der Waals surface area contributed by atoms with Gasteiger partial charge in [-0.3, -0.25) is 4.79 Å². The van der Waals surface area contributed by atoms with Gasteiger partial charge >= 0.3 is 5.97 Å². The van der Waals surface area contributed by atoms with E-state index >= 15 is 0 Å². The van der Waals surface area contributed by atoms with E-state index in [-0.39, 0.29) is 12.5 Å². The summed E-state index contributed by atoms with van der Waals surface area (Å²) in [4.78, 5) is 24.9. The number of amides is 1. The van der Waals surface area contributed by atoms with Crippen LogP contribution in [0.4, 0.5) is 0 Å². The van der Waals surface area contributed by atoms with E-state index in [0.717, 1.165) is 10.0 Å². The van der Waals surface area contributed by atoms with Crippen molar-refractivity contribution in [2.45, 2.75) is 13.0 Å². The molecule has 0 spiro atoms. The summed E-state index contributed by atoms with van der Waals surface area (Å²) in [6.45, 7) is 2.58. The summed E-state index contributed by atoms with van der Waals surface area (Å²) in [6, 6.07) is 4.32. The molecule has 1 heterocycles. The van der Waals surface area contributed by atoms with Crippen molar-refractivity contribution in [2.24, 2.45) is 0 Å². The highest BCUT2D eigenvalue weighted by Crippen LogP contribution is 2.19. The van der Waals surface area contributed by atoms with Crippen molar-refractivity contribution in [1.29, 1.82) is 0 Å². The van der Waals surface area contributed by atoms with E-state index < -0.39 is 12.0 Å². The Labute approximate surface area is 119 Å².